The maximum absolute atomic E-state index is 11.9. The Bertz CT molecular complexity index is 664. The van der Waals surface area contributed by atoms with Gasteiger partial charge in [-0.3, -0.25) is 18.6 Å². The van der Waals surface area contributed by atoms with Gasteiger partial charge in [0, 0.05) is 19.4 Å². The number of hydrogen-bond donors (Lipinski definition) is 3. The molecule has 0 heterocycles. The molecule has 9 nitrogen and oxygen atoms in total. The third kappa shape index (κ3) is 30.3. The van der Waals surface area contributed by atoms with Gasteiger partial charge in [-0.2, -0.15) is 0 Å². The molecule has 0 rings (SSSR count). The van der Waals surface area contributed by atoms with Crippen molar-refractivity contribution in [3.63, 3.8) is 0 Å². The molecule has 41 heavy (non-hydrogen) atoms. The lowest BCUT2D eigenvalue weighted by molar-refractivity contribution is -0.147. The van der Waals surface area contributed by atoms with Gasteiger partial charge < -0.3 is 20.1 Å². The van der Waals surface area contributed by atoms with E-state index in [0.717, 1.165) is 19.3 Å². The molecule has 0 aromatic rings. The summed E-state index contributed by atoms with van der Waals surface area (Å²) in [5.74, 6) is -0.600. The molecule has 3 N–H and O–H groups in total. The van der Waals surface area contributed by atoms with Crippen LogP contribution in [0.15, 0.2) is 0 Å². The van der Waals surface area contributed by atoms with Crippen molar-refractivity contribution < 1.29 is 37.9 Å². The van der Waals surface area contributed by atoms with Crippen LogP contribution in [-0.2, 0) is 27.9 Å². The van der Waals surface area contributed by atoms with Gasteiger partial charge in [-0.1, -0.05) is 136 Å². The minimum absolute atomic E-state index is 0.0697. The van der Waals surface area contributed by atoms with Crippen LogP contribution in [0.4, 0.5) is 0 Å². The molecule has 0 saturated heterocycles. The smallest absolute Gasteiger partial charge is 0.463 e. The normalized spacial score (nSPS) is 13.6. The van der Waals surface area contributed by atoms with Crippen LogP contribution in [0.3, 0.4) is 0 Å². The monoisotopic (exact) mass is 607 g/mol. The molecule has 2 unspecified atom stereocenters. The summed E-state index contributed by atoms with van der Waals surface area (Å²) in [7, 11) is -4.36. The second kappa shape index (κ2) is 29.1. The van der Waals surface area contributed by atoms with Crippen LogP contribution in [0.5, 0.6) is 0 Å². The second-order valence-electron chi connectivity index (χ2n) is 11.1. The van der Waals surface area contributed by atoms with E-state index in [4.69, 9.17) is 13.8 Å². The van der Waals surface area contributed by atoms with Gasteiger partial charge in [-0.25, -0.2) is 4.57 Å². The number of aliphatic hydroxyl groups is 1. The third-order valence-electron chi connectivity index (χ3n) is 7.10. The topological polar surface area (TPSA) is 131 Å². The van der Waals surface area contributed by atoms with E-state index >= 15 is 0 Å². The summed E-state index contributed by atoms with van der Waals surface area (Å²) < 4.78 is 26.2. The van der Waals surface area contributed by atoms with E-state index in [-0.39, 0.29) is 32.1 Å². The number of phosphoric acid groups is 1. The van der Waals surface area contributed by atoms with Gasteiger partial charge in [-0.05, 0) is 6.42 Å². The van der Waals surface area contributed by atoms with Crippen LogP contribution in [0.1, 0.15) is 155 Å². The van der Waals surface area contributed by atoms with Crippen LogP contribution in [0.2, 0.25) is 0 Å². The van der Waals surface area contributed by atoms with Crippen LogP contribution < -0.4 is 5.32 Å². The van der Waals surface area contributed by atoms with Crippen LogP contribution in [0, 0.1) is 0 Å². The zero-order chi connectivity index (χ0) is 30.4. The highest BCUT2D eigenvalue weighted by Crippen LogP contribution is 2.42. The van der Waals surface area contributed by atoms with Crippen LogP contribution in [-0.4, -0.2) is 54.3 Å². The summed E-state index contributed by atoms with van der Waals surface area (Å²) in [4.78, 5) is 32.5. The first kappa shape index (κ1) is 40.0. The number of carbonyl (C=O) groups is 2. The van der Waals surface area contributed by atoms with Gasteiger partial charge in [0.15, 0.2) is 0 Å². The highest BCUT2D eigenvalue weighted by molar-refractivity contribution is 7.47. The molecule has 10 heteroatoms. The van der Waals surface area contributed by atoms with Gasteiger partial charge in [0.05, 0.1) is 13.2 Å². The number of esters is 1. The summed E-state index contributed by atoms with van der Waals surface area (Å²) in [5, 5.41) is 12.3. The van der Waals surface area contributed by atoms with Crippen LogP contribution >= 0.6 is 7.82 Å². The van der Waals surface area contributed by atoms with E-state index in [1.165, 1.54) is 109 Å². The molecule has 0 aromatic carbocycles. The second-order valence-corrected chi connectivity index (χ2v) is 12.6. The molecule has 0 radical (unpaired) electrons. The first-order valence-electron chi connectivity index (χ1n) is 16.5. The number of amides is 1. The van der Waals surface area contributed by atoms with E-state index in [2.05, 4.69) is 12.2 Å². The van der Waals surface area contributed by atoms with Gasteiger partial charge in [0.25, 0.3) is 0 Å². The largest absolute Gasteiger partial charge is 0.472 e. The molecule has 0 fully saturated rings. The lowest BCUT2D eigenvalue weighted by atomic mass is 10.0. The number of ether oxygens (including phenoxy) is 1. The Kier molecular flexibility index (Phi) is 28.4. The number of phosphoric ester groups is 1. The minimum Gasteiger partial charge on any atom is -0.463 e. The number of unbranched alkanes of at least 4 members (excludes halogenated alkanes) is 19. The van der Waals surface area contributed by atoms with E-state index in [0.29, 0.717) is 6.42 Å². The Morgan fingerprint density at radius 2 is 1.12 bits per heavy atom. The zero-order valence-electron chi connectivity index (χ0n) is 26.3. The van der Waals surface area contributed by atoms with E-state index in [1.54, 1.807) is 6.92 Å². The zero-order valence-corrected chi connectivity index (χ0v) is 27.1. The van der Waals surface area contributed by atoms with Crippen molar-refractivity contribution in [1.29, 1.82) is 0 Å². The SMILES string of the molecule is CCCCCCCCCCCCCCCCCCCCCCC(=O)OCC(O)COP(=O)(O)OCCNC(=O)CC. The predicted molar refractivity (Wildman–Crippen MR) is 165 cm³/mol. The maximum atomic E-state index is 11.9. The summed E-state index contributed by atoms with van der Waals surface area (Å²) in [6, 6.07) is 0. The molecule has 0 aromatic heterocycles. The van der Waals surface area contributed by atoms with Crippen molar-refractivity contribution in [3.8, 4) is 0 Å². The predicted octanol–water partition coefficient (Wildman–Crippen LogP) is 7.76. The summed E-state index contributed by atoms with van der Waals surface area (Å²) in [6.07, 6.45) is 25.4. The Morgan fingerprint density at radius 3 is 1.56 bits per heavy atom. The molecule has 1 amide bonds. The fourth-order valence-corrected chi connectivity index (χ4v) is 5.28. The van der Waals surface area contributed by atoms with E-state index in [1.807, 2.05) is 0 Å². The lowest BCUT2D eigenvalue weighted by Crippen LogP contribution is -2.26. The summed E-state index contributed by atoms with van der Waals surface area (Å²) in [6.45, 7) is 3.00. The van der Waals surface area contributed by atoms with Gasteiger partial charge >= 0.3 is 13.8 Å². The lowest BCUT2D eigenvalue weighted by Gasteiger charge is -2.15. The highest BCUT2D eigenvalue weighted by atomic mass is 31.2. The molecule has 0 spiro atoms. The third-order valence-corrected chi connectivity index (χ3v) is 8.09. The van der Waals surface area contributed by atoms with E-state index < -0.39 is 26.5 Å². The number of carbonyl (C=O) groups excluding carboxylic acids is 2. The van der Waals surface area contributed by atoms with Crippen LogP contribution in [0.25, 0.3) is 0 Å². The maximum Gasteiger partial charge on any atom is 0.472 e. The number of nitrogens with one attached hydrogen (secondary N) is 1. The van der Waals surface area contributed by atoms with Gasteiger partial charge in [0.1, 0.15) is 12.7 Å². The van der Waals surface area contributed by atoms with Crippen molar-refractivity contribution >= 4 is 19.7 Å². The van der Waals surface area contributed by atoms with Crippen molar-refractivity contribution in [2.75, 3.05) is 26.4 Å². The quantitative estimate of drug-likeness (QED) is 0.0414. The molecule has 0 bridgehead atoms. The van der Waals surface area contributed by atoms with Crippen molar-refractivity contribution in [3.05, 3.63) is 0 Å². The molecule has 0 saturated carbocycles. The van der Waals surface area contributed by atoms with Crippen molar-refractivity contribution in [2.24, 2.45) is 0 Å². The number of rotatable bonds is 31. The Balaban J connectivity index is 3.44. The molecule has 244 valence electrons. The molecule has 0 aliphatic rings. The molecular formula is C31H62NO8P. The number of hydrogen-bond acceptors (Lipinski definition) is 7. The Labute approximate surface area is 250 Å². The van der Waals surface area contributed by atoms with Gasteiger partial charge in [-0.15, -0.1) is 0 Å². The summed E-state index contributed by atoms with van der Waals surface area (Å²) in [5.41, 5.74) is 0. The first-order valence-corrected chi connectivity index (χ1v) is 18.0. The molecule has 0 aliphatic carbocycles. The van der Waals surface area contributed by atoms with E-state index in [9.17, 15) is 24.2 Å². The Morgan fingerprint density at radius 1 is 0.683 bits per heavy atom. The minimum atomic E-state index is -4.36. The highest BCUT2D eigenvalue weighted by Gasteiger charge is 2.23. The van der Waals surface area contributed by atoms with Crippen molar-refractivity contribution in [1.82, 2.24) is 5.32 Å². The fraction of sp³-hybridized carbons (Fsp3) is 0.935. The number of aliphatic hydroxyl groups excluding tert-OH is 1. The standard InChI is InChI=1S/C31H62NO8P/c1-3-5-6-7-8-9-10-11-12-13-14-15-16-17-18-19-20-21-22-23-24-31(35)38-27-29(33)28-40-41(36,37)39-26-25-32-30(34)4-2/h29,33H,3-28H2,1-2H3,(H,32,34)(H,36,37). The fourth-order valence-electron chi connectivity index (χ4n) is 4.53. The molecule has 0 aliphatic heterocycles. The summed E-state index contributed by atoms with van der Waals surface area (Å²) >= 11 is 0. The Hall–Kier alpha value is -0.990. The average Bonchev–Trinajstić information content (AvgIpc) is 2.96. The molecule has 2 atom stereocenters. The average molecular weight is 608 g/mol. The van der Waals surface area contributed by atoms with Gasteiger partial charge in [0.2, 0.25) is 5.91 Å². The first-order chi connectivity index (χ1) is 19.8. The molecular weight excluding hydrogens is 545 g/mol. The van der Waals surface area contributed by atoms with Crippen molar-refractivity contribution in [2.45, 2.75) is 161 Å².